The molecule has 1 aliphatic heterocycles. The van der Waals surface area contributed by atoms with E-state index in [9.17, 15) is 0 Å². The Morgan fingerprint density at radius 3 is 2.71 bits per heavy atom. The van der Waals surface area contributed by atoms with Gasteiger partial charge in [-0.15, -0.1) is 6.58 Å². The summed E-state index contributed by atoms with van der Waals surface area (Å²) in [7, 11) is 0. The summed E-state index contributed by atoms with van der Waals surface area (Å²) in [5.74, 6) is 0. The molecule has 1 heteroatoms. The Kier molecular flexibility index (Phi) is 1.47. The van der Waals surface area contributed by atoms with Crippen LogP contribution in [-0.4, -0.2) is 6.61 Å². The zero-order chi connectivity index (χ0) is 5.11. The van der Waals surface area contributed by atoms with Crippen molar-refractivity contribution in [2.24, 2.45) is 0 Å². The van der Waals surface area contributed by atoms with Gasteiger partial charge in [0.2, 0.25) is 0 Å². The van der Waals surface area contributed by atoms with E-state index in [0.717, 1.165) is 19.4 Å². The predicted molar refractivity (Wildman–Crippen MR) is 28.6 cm³/mol. The van der Waals surface area contributed by atoms with E-state index in [-0.39, 0.29) is 0 Å². The number of rotatable bonds is 2. The Labute approximate surface area is 44.0 Å². The molecule has 0 atom stereocenters. The summed E-state index contributed by atoms with van der Waals surface area (Å²) in [5, 5.41) is 0. The summed E-state index contributed by atoms with van der Waals surface area (Å²) in [5.41, 5.74) is 0. The zero-order valence-corrected chi connectivity index (χ0v) is 4.31. The van der Waals surface area contributed by atoms with Gasteiger partial charge in [-0.1, -0.05) is 6.08 Å². The van der Waals surface area contributed by atoms with Gasteiger partial charge in [0.25, 0.3) is 0 Å². The minimum atomic E-state index is 0.920. The van der Waals surface area contributed by atoms with Crippen LogP contribution in [-0.2, 0) is 4.74 Å². The van der Waals surface area contributed by atoms with Crippen LogP contribution in [0.25, 0.3) is 0 Å². The van der Waals surface area contributed by atoms with Gasteiger partial charge < -0.3 is 4.74 Å². The van der Waals surface area contributed by atoms with Gasteiger partial charge in [-0.2, -0.15) is 0 Å². The highest BCUT2D eigenvalue weighted by atomic mass is 16.5. The monoisotopic (exact) mass is 97.1 g/mol. The minimum absolute atomic E-state index is 0.920. The summed E-state index contributed by atoms with van der Waals surface area (Å²) >= 11 is 0. The Hall–Kier alpha value is -0.300. The smallest absolute Gasteiger partial charge is 0.103 e. The molecule has 0 amide bonds. The van der Waals surface area contributed by atoms with Crippen molar-refractivity contribution in [3.05, 3.63) is 18.8 Å². The van der Waals surface area contributed by atoms with Crippen molar-refractivity contribution in [3.8, 4) is 0 Å². The van der Waals surface area contributed by atoms with Gasteiger partial charge in [0.05, 0.1) is 6.61 Å². The first-order valence-corrected chi connectivity index (χ1v) is 2.52. The maximum Gasteiger partial charge on any atom is 0.103 e. The maximum atomic E-state index is 5.02. The lowest BCUT2D eigenvalue weighted by Crippen LogP contribution is -2.16. The van der Waals surface area contributed by atoms with Gasteiger partial charge in [-0.25, -0.2) is 0 Å². The molecule has 1 nitrogen and oxygen atoms in total. The fourth-order valence-electron chi connectivity index (χ4n) is 0.568. The molecule has 0 N–H and O–H groups in total. The van der Waals surface area contributed by atoms with Crippen LogP contribution in [0.5, 0.6) is 0 Å². The molecule has 0 spiro atoms. The highest BCUT2D eigenvalue weighted by molar-refractivity contribution is 4.92. The molecular weight excluding hydrogens is 88.1 g/mol. The van der Waals surface area contributed by atoms with Gasteiger partial charge in [0, 0.05) is 6.42 Å². The molecule has 1 rings (SSSR count). The van der Waals surface area contributed by atoms with E-state index in [2.05, 4.69) is 6.58 Å². The first-order valence-electron chi connectivity index (χ1n) is 2.52. The summed E-state index contributed by atoms with van der Waals surface area (Å²) in [6.07, 6.45) is 5.15. The van der Waals surface area contributed by atoms with Crippen LogP contribution in [0.2, 0.25) is 0 Å². The van der Waals surface area contributed by atoms with Gasteiger partial charge in [0.15, 0.2) is 0 Å². The second-order valence-electron chi connectivity index (χ2n) is 1.63. The van der Waals surface area contributed by atoms with Crippen molar-refractivity contribution < 1.29 is 4.74 Å². The van der Waals surface area contributed by atoms with E-state index in [1.54, 1.807) is 0 Å². The quantitative estimate of drug-likeness (QED) is 0.474. The lowest BCUT2D eigenvalue weighted by Gasteiger charge is -2.23. The molecule has 1 saturated heterocycles. The first-order chi connectivity index (χ1) is 3.43. The topological polar surface area (TPSA) is 9.23 Å². The third-order valence-electron chi connectivity index (χ3n) is 1.06. The molecule has 1 aliphatic rings. The second kappa shape index (κ2) is 2.12. The van der Waals surface area contributed by atoms with Gasteiger partial charge >= 0.3 is 0 Å². The summed E-state index contributed by atoms with van der Waals surface area (Å²) in [6, 6.07) is 0. The average molecular weight is 97.1 g/mol. The van der Waals surface area contributed by atoms with Crippen molar-refractivity contribution in [2.75, 3.05) is 6.61 Å². The normalized spacial score (nSPS) is 21.1. The van der Waals surface area contributed by atoms with Crippen LogP contribution in [0, 0.1) is 6.10 Å². The molecule has 1 radical (unpaired) electrons. The van der Waals surface area contributed by atoms with Gasteiger partial charge in [-0.3, -0.25) is 0 Å². The molecule has 0 saturated carbocycles. The van der Waals surface area contributed by atoms with Crippen molar-refractivity contribution >= 4 is 0 Å². The van der Waals surface area contributed by atoms with Crippen LogP contribution in [0.3, 0.4) is 0 Å². The SMILES string of the molecule is C=CC[C]1CCO1. The van der Waals surface area contributed by atoms with E-state index in [4.69, 9.17) is 4.74 Å². The Morgan fingerprint density at radius 1 is 1.86 bits per heavy atom. The summed E-state index contributed by atoms with van der Waals surface area (Å²) in [4.78, 5) is 0. The summed E-state index contributed by atoms with van der Waals surface area (Å²) < 4.78 is 5.02. The molecule has 0 aromatic heterocycles. The molecule has 0 aromatic rings. The Balaban J connectivity index is 2.03. The molecule has 0 aliphatic carbocycles. The van der Waals surface area contributed by atoms with E-state index in [1.165, 1.54) is 6.10 Å². The Bertz CT molecular complexity index is 64.6. The average Bonchev–Trinajstić information content (AvgIpc) is 1.55. The molecule has 0 unspecified atom stereocenters. The second-order valence-corrected chi connectivity index (χ2v) is 1.63. The van der Waals surface area contributed by atoms with Crippen LogP contribution in [0.15, 0.2) is 12.7 Å². The first kappa shape index (κ1) is 4.85. The van der Waals surface area contributed by atoms with Crippen LogP contribution in [0.4, 0.5) is 0 Å². The zero-order valence-electron chi connectivity index (χ0n) is 4.31. The molecule has 0 aromatic carbocycles. The van der Waals surface area contributed by atoms with Crippen molar-refractivity contribution in [3.63, 3.8) is 0 Å². The number of ether oxygens (including phenoxy) is 1. The third kappa shape index (κ3) is 1.03. The molecule has 7 heavy (non-hydrogen) atoms. The van der Waals surface area contributed by atoms with Crippen LogP contribution in [0.1, 0.15) is 12.8 Å². The van der Waals surface area contributed by atoms with Gasteiger partial charge in [-0.05, 0) is 6.42 Å². The fourth-order valence-corrected chi connectivity index (χ4v) is 0.568. The molecule has 1 heterocycles. The fraction of sp³-hybridized carbons (Fsp3) is 0.500. The number of hydrogen-bond donors (Lipinski definition) is 0. The molecular formula is C6H9O. The van der Waals surface area contributed by atoms with E-state index < -0.39 is 0 Å². The van der Waals surface area contributed by atoms with Crippen LogP contribution < -0.4 is 0 Å². The largest absolute Gasteiger partial charge is 0.371 e. The van der Waals surface area contributed by atoms with E-state index in [0.29, 0.717) is 0 Å². The molecule has 39 valence electrons. The van der Waals surface area contributed by atoms with E-state index >= 15 is 0 Å². The van der Waals surface area contributed by atoms with Gasteiger partial charge in [0.1, 0.15) is 6.10 Å². The lowest BCUT2D eigenvalue weighted by molar-refractivity contribution is 0.0413. The minimum Gasteiger partial charge on any atom is -0.371 e. The van der Waals surface area contributed by atoms with Crippen molar-refractivity contribution in [2.45, 2.75) is 12.8 Å². The molecule has 1 fully saturated rings. The number of hydrogen-bond acceptors (Lipinski definition) is 1. The van der Waals surface area contributed by atoms with Crippen LogP contribution >= 0.6 is 0 Å². The standard InChI is InChI=1S/C6H9O/c1-2-3-6-4-5-7-6/h2H,1,3-5H2. The highest BCUT2D eigenvalue weighted by Gasteiger charge is 2.16. The predicted octanol–water partition coefficient (Wildman–Crippen LogP) is 1.51. The maximum absolute atomic E-state index is 5.02. The molecule has 0 bridgehead atoms. The lowest BCUT2D eigenvalue weighted by atomic mass is 10.1. The van der Waals surface area contributed by atoms with Crippen molar-refractivity contribution in [1.82, 2.24) is 0 Å². The Morgan fingerprint density at radius 2 is 2.57 bits per heavy atom. The third-order valence-corrected chi connectivity index (χ3v) is 1.06. The van der Waals surface area contributed by atoms with Crippen molar-refractivity contribution in [1.29, 1.82) is 0 Å². The highest BCUT2D eigenvalue weighted by Crippen LogP contribution is 2.22. The van der Waals surface area contributed by atoms with E-state index in [1.807, 2.05) is 6.08 Å². The summed E-state index contributed by atoms with van der Waals surface area (Å²) in [6.45, 7) is 4.50.